The minimum atomic E-state index is 0.0853. The van der Waals surface area contributed by atoms with Gasteiger partial charge in [-0.3, -0.25) is 14.7 Å². The monoisotopic (exact) mass is 318 g/mol. The summed E-state index contributed by atoms with van der Waals surface area (Å²) in [5, 5.41) is 7.18. The van der Waals surface area contributed by atoms with E-state index >= 15 is 0 Å². The lowest BCUT2D eigenvalue weighted by molar-refractivity contribution is -0.140. The van der Waals surface area contributed by atoms with Crippen LogP contribution in [0.3, 0.4) is 0 Å². The molecule has 1 aromatic rings. The van der Waals surface area contributed by atoms with Gasteiger partial charge >= 0.3 is 0 Å². The van der Waals surface area contributed by atoms with Crippen LogP contribution in [0.15, 0.2) is 6.20 Å². The summed E-state index contributed by atoms with van der Waals surface area (Å²) >= 11 is 0. The highest BCUT2D eigenvalue weighted by Crippen LogP contribution is 2.27. The van der Waals surface area contributed by atoms with Crippen molar-refractivity contribution in [2.45, 2.75) is 51.4 Å². The van der Waals surface area contributed by atoms with Gasteiger partial charge < -0.3 is 9.80 Å². The number of piperidine rings is 1. The zero-order chi connectivity index (χ0) is 16.2. The second-order valence-electron chi connectivity index (χ2n) is 6.77. The number of H-pyrrole nitrogens is 1. The number of aryl methyl sites for hydroxylation is 1. The standard InChI is InChI=1S/C17H26N4O2/c1-13-10-18-19-17(13)14-6-5-9-20(11-14)16(23)12-21-8-4-2-3-7-15(21)22/h10,14H,2-9,11-12H2,1H3,(H,18,19)/t14-/m0/s1. The average Bonchev–Trinajstić information content (AvgIpc) is 2.89. The van der Waals surface area contributed by atoms with Crippen molar-refractivity contribution >= 4 is 11.8 Å². The molecule has 2 fully saturated rings. The molecule has 1 aromatic heterocycles. The molecule has 23 heavy (non-hydrogen) atoms. The SMILES string of the molecule is Cc1cn[nH]c1[C@H]1CCCN(C(=O)CN2CCCCCC2=O)C1. The molecule has 0 unspecified atom stereocenters. The summed E-state index contributed by atoms with van der Waals surface area (Å²) < 4.78 is 0. The minimum absolute atomic E-state index is 0.0853. The van der Waals surface area contributed by atoms with E-state index in [-0.39, 0.29) is 18.4 Å². The van der Waals surface area contributed by atoms with Crippen LogP contribution < -0.4 is 0 Å². The van der Waals surface area contributed by atoms with Crippen LogP contribution in [0.25, 0.3) is 0 Å². The van der Waals surface area contributed by atoms with Crippen LogP contribution in [-0.2, 0) is 9.59 Å². The van der Waals surface area contributed by atoms with Crippen molar-refractivity contribution in [1.82, 2.24) is 20.0 Å². The normalized spacial score (nSPS) is 23.0. The summed E-state index contributed by atoms with van der Waals surface area (Å²) in [6.07, 6.45) is 7.55. The van der Waals surface area contributed by atoms with E-state index in [4.69, 9.17) is 0 Å². The Morgan fingerprint density at radius 2 is 2.17 bits per heavy atom. The van der Waals surface area contributed by atoms with Crippen molar-refractivity contribution in [1.29, 1.82) is 0 Å². The summed E-state index contributed by atoms with van der Waals surface area (Å²) in [6, 6.07) is 0. The molecule has 0 radical (unpaired) electrons. The fourth-order valence-corrected chi connectivity index (χ4v) is 3.68. The predicted molar refractivity (Wildman–Crippen MR) is 86.9 cm³/mol. The third-order valence-electron chi connectivity index (χ3n) is 5.05. The van der Waals surface area contributed by atoms with E-state index in [1.54, 1.807) is 4.90 Å². The first-order valence-corrected chi connectivity index (χ1v) is 8.70. The Hall–Kier alpha value is -1.85. The summed E-state index contributed by atoms with van der Waals surface area (Å²) in [4.78, 5) is 28.4. The molecule has 2 aliphatic heterocycles. The third-order valence-corrected chi connectivity index (χ3v) is 5.05. The summed E-state index contributed by atoms with van der Waals surface area (Å²) in [7, 11) is 0. The maximum Gasteiger partial charge on any atom is 0.242 e. The van der Waals surface area contributed by atoms with Crippen LogP contribution in [0, 0.1) is 6.92 Å². The van der Waals surface area contributed by atoms with E-state index in [0.29, 0.717) is 12.3 Å². The van der Waals surface area contributed by atoms with Gasteiger partial charge in [-0.2, -0.15) is 5.10 Å². The number of hydrogen-bond donors (Lipinski definition) is 1. The number of likely N-dealkylation sites (tertiary alicyclic amines) is 2. The Kier molecular flexibility index (Phi) is 4.98. The van der Waals surface area contributed by atoms with Gasteiger partial charge in [-0.15, -0.1) is 0 Å². The fourth-order valence-electron chi connectivity index (χ4n) is 3.68. The molecule has 1 atom stereocenters. The van der Waals surface area contributed by atoms with Gasteiger partial charge in [-0.05, 0) is 38.2 Å². The Morgan fingerprint density at radius 3 is 2.96 bits per heavy atom. The molecule has 3 rings (SSSR count). The van der Waals surface area contributed by atoms with Gasteiger partial charge in [0.15, 0.2) is 0 Å². The lowest BCUT2D eigenvalue weighted by Crippen LogP contribution is -2.46. The number of nitrogens with one attached hydrogen (secondary N) is 1. The number of aromatic nitrogens is 2. The highest BCUT2D eigenvalue weighted by molar-refractivity contribution is 5.85. The van der Waals surface area contributed by atoms with Crippen molar-refractivity contribution in [3.8, 4) is 0 Å². The van der Waals surface area contributed by atoms with Gasteiger partial charge in [-0.25, -0.2) is 0 Å². The van der Waals surface area contributed by atoms with E-state index in [2.05, 4.69) is 17.1 Å². The summed E-state index contributed by atoms with van der Waals surface area (Å²) in [5.41, 5.74) is 2.31. The van der Waals surface area contributed by atoms with Gasteiger partial charge in [0.05, 0.1) is 12.7 Å². The Morgan fingerprint density at radius 1 is 1.30 bits per heavy atom. The Balaban J connectivity index is 1.60. The van der Waals surface area contributed by atoms with E-state index < -0.39 is 0 Å². The van der Waals surface area contributed by atoms with Crippen molar-refractivity contribution in [2.75, 3.05) is 26.2 Å². The number of nitrogens with zero attached hydrogens (tertiary/aromatic N) is 3. The average molecular weight is 318 g/mol. The molecular formula is C17H26N4O2. The molecule has 2 aliphatic rings. The number of carbonyl (C=O) groups excluding carboxylic acids is 2. The molecule has 0 saturated carbocycles. The smallest absolute Gasteiger partial charge is 0.242 e. The van der Waals surface area contributed by atoms with Gasteiger partial charge in [0.25, 0.3) is 0 Å². The number of amides is 2. The molecule has 3 heterocycles. The van der Waals surface area contributed by atoms with Crippen LogP contribution in [0.4, 0.5) is 0 Å². The van der Waals surface area contributed by atoms with Crippen LogP contribution in [0.2, 0.25) is 0 Å². The highest BCUT2D eigenvalue weighted by Gasteiger charge is 2.28. The molecule has 0 bridgehead atoms. The van der Waals surface area contributed by atoms with E-state index in [1.165, 1.54) is 0 Å². The maximum absolute atomic E-state index is 12.6. The molecule has 2 saturated heterocycles. The zero-order valence-electron chi connectivity index (χ0n) is 13.9. The van der Waals surface area contributed by atoms with Gasteiger partial charge in [0.2, 0.25) is 11.8 Å². The quantitative estimate of drug-likeness (QED) is 0.924. The maximum atomic E-state index is 12.6. The minimum Gasteiger partial charge on any atom is -0.340 e. The predicted octanol–water partition coefficient (Wildman–Crippen LogP) is 1.83. The number of carbonyl (C=O) groups is 2. The molecule has 0 aromatic carbocycles. The lowest BCUT2D eigenvalue weighted by Gasteiger charge is -2.34. The fraction of sp³-hybridized carbons (Fsp3) is 0.706. The number of hydrogen-bond acceptors (Lipinski definition) is 3. The van der Waals surface area contributed by atoms with Crippen molar-refractivity contribution in [3.63, 3.8) is 0 Å². The lowest BCUT2D eigenvalue weighted by atomic mass is 9.93. The molecule has 2 amide bonds. The first-order chi connectivity index (χ1) is 11.1. The van der Waals surface area contributed by atoms with Crippen LogP contribution in [0.5, 0.6) is 0 Å². The summed E-state index contributed by atoms with van der Waals surface area (Å²) in [5.74, 6) is 0.547. The second-order valence-corrected chi connectivity index (χ2v) is 6.77. The van der Waals surface area contributed by atoms with Gasteiger partial charge in [-0.1, -0.05) is 6.42 Å². The van der Waals surface area contributed by atoms with E-state index in [0.717, 1.165) is 63.0 Å². The number of aromatic amines is 1. The highest BCUT2D eigenvalue weighted by atomic mass is 16.2. The molecule has 126 valence electrons. The van der Waals surface area contributed by atoms with Crippen LogP contribution >= 0.6 is 0 Å². The largest absolute Gasteiger partial charge is 0.340 e. The van der Waals surface area contributed by atoms with Crippen molar-refractivity contribution in [3.05, 3.63) is 17.5 Å². The van der Waals surface area contributed by atoms with E-state index in [1.807, 2.05) is 11.1 Å². The first kappa shape index (κ1) is 16.0. The second kappa shape index (κ2) is 7.15. The van der Waals surface area contributed by atoms with Crippen LogP contribution in [0.1, 0.15) is 55.7 Å². The van der Waals surface area contributed by atoms with Crippen molar-refractivity contribution < 1.29 is 9.59 Å². The number of rotatable bonds is 3. The molecule has 0 spiro atoms. The van der Waals surface area contributed by atoms with E-state index in [9.17, 15) is 9.59 Å². The van der Waals surface area contributed by atoms with Gasteiger partial charge in [0.1, 0.15) is 0 Å². The molecular weight excluding hydrogens is 292 g/mol. The molecule has 6 nitrogen and oxygen atoms in total. The van der Waals surface area contributed by atoms with Crippen molar-refractivity contribution in [2.24, 2.45) is 0 Å². The molecule has 6 heteroatoms. The third kappa shape index (κ3) is 3.74. The van der Waals surface area contributed by atoms with Crippen LogP contribution in [-0.4, -0.2) is 58.0 Å². The molecule has 0 aliphatic carbocycles. The van der Waals surface area contributed by atoms with Gasteiger partial charge in [0, 0.05) is 37.7 Å². The zero-order valence-corrected chi connectivity index (χ0v) is 13.9. The molecule has 1 N–H and O–H groups in total. The topological polar surface area (TPSA) is 69.3 Å². The first-order valence-electron chi connectivity index (χ1n) is 8.70. The summed E-state index contributed by atoms with van der Waals surface area (Å²) in [6.45, 7) is 4.54. The Bertz CT molecular complexity index is 569. The Labute approximate surface area is 137 Å².